The summed E-state index contributed by atoms with van der Waals surface area (Å²) < 4.78 is 21.2. The molecule has 1 aromatic heterocycles. The molecule has 3 rings (SSSR count). The maximum absolute atomic E-state index is 14.2. The zero-order chi connectivity index (χ0) is 17.8. The molecule has 0 bridgehead atoms. The van der Waals surface area contributed by atoms with Crippen LogP contribution in [0.15, 0.2) is 30.9 Å². The number of carbonyl (C=O) groups is 1. The van der Waals surface area contributed by atoms with Crippen molar-refractivity contribution in [2.24, 2.45) is 0 Å². The lowest BCUT2D eigenvalue weighted by Gasteiger charge is -2.33. The number of amides is 2. The highest BCUT2D eigenvalue weighted by Crippen LogP contribution is 2.28. The van der Waals surface area contributed by atoms with Gasteiger partial charge in [-0.3, -0.25) is 0 Å². The summed E-state index contributed by atoms with van der Waals surface area (Å²) in [7, 11) is 1.49. The van der Waals surface area contributed by atoms with Crippen molar-refractivity contribution >= 4 is 6.03 Å². The highest BCUT2D eigenvalue weighted by Gasteiger charge is 2.27. The molecule has 2 aromatic rings. The lowest BCUT2D eigenvalue weighted by atomic mass is 10.1. The minimum Gasteiger partial charge on any atom is -0.496 e. The number of nitrogens with zero attached hydrogens (tertiary/aromatic N) is 4. The SMILES string of the molecule is COc1cccc(F)c1[C@@H](C)NC(=O)N1CCC[C@@H](n2cncn2)C1. The first-order valence-electron chi connectivity index (χ1n) is 8.32. The number of urea groups is 1. The quantitative estimate of drug-likeness (QED) is 0.922. The fourth-order valence-corrected chi connectivity index (χ4v) is 3.23. The van der Waals surface area contributed by atoms with Gasteiger partial charge >= 0.3 is 6.03 Å². The van der Waals surface area contributed by atoms with Crippen molar-refractivity contribution in [3.8, 4) is 5.75 Å². The van der Waals surface area contributed by atoms with E-state index in [-0.39, 0.29) is 12.1 Å². The van der Waals surface area contributed by atoms with E-state index < -0.39 is 11.9 Å². The molecule has 1 aliphatic heterocycles. The molecule has 1 saturated heterocycles. The lowest BCUT2D eigenvalue weighted by Crippen LogP contribution is -2.46. The Bertz CT molecular complexity index is 722. The zero-order valence-electron chi connectivity index (χ0n) is 14.4. The molecule has 0 spiro atoms. The Hall–Kier alpha value is -2.64. The number of hydrogen-bond acceptors (Lipinski definition) is 4. The van der Waals surface area contributed by atoms with Gasteiger partial charge in [-0.15, -0.1) is 0 Å². The molecular formula is C17H22FN5O2. The molecule has 8 heteroatoms. The fourth-order valence-electron chi connectivity index (χ4n) is 3.23. The van der Waals surface area contributed by atoms with E-state index in [4.69, 9.17) is 4.74 Å². The Morgan fingerprint density at radius 2 is 2.32 bits per heavy atom. The van der Waals surface area contributed by atoms with Crippen LogP contribution in [-0.4, -0.2) is 45.9 Å². The number of methoxy groups -OCH3 is 1. The number of carbonyl (C=O) groups excluding carboxylic acids is 1. The van der Waals surface area contributed by atoms with Crippen molar-refractivity contribution in [2.75, 3.05) is 20.2 Å². The molecule has 0 unspecified atom stereocenters. The molecule has 134 valence electrons. The number of aromatic nitrogens is 3. The molecule has 7 nitrogen and oxygen atoms in total. The zero-order valence-corrected chi connectivity index (χ0v) is 14.4. The second-order valence-corrected chi connectivity index (χ2v) is 6.14. The van der Waals surface area contributed by atoms with E-state index in [0.29, 0.717) is 24.4 Å². The summed E-state index contributed by atoms with van der Waals surface area (Å²) in [5.41, 5.74) is 0.350. The van der Waals surface area contributed by atoms with Crippen LogP contribution in [0.4, 0.5) is 9.18 Å². The van der Waals surface area contributed by atoms with Crippen LogP contribution in [0, 0.1) is 5.82 Å². The van der Waals surface area contributed by atoms with Gasteiger partial charge in [-0.25, -0.2) is 18.9 Å². The Morgan fingerprint density at radius 3 is 3.04 bits per heavy atom. The average molecular weight is 347 g/mol. The molecule has 0 radical (unpaired) electrons. The van der Waals surface area contributed by atoms with E-state index in [2.05, 4.69) is 15.4 Å². The molecule has 2 heterocycles. The summed E-state index contributed by atoms with van der Waals surface area (Å²) in [5.74, 6) is 0.0261. The van der Waals surface area contributed by atoms with Crippen molar-refractivity contribution in [3.05, 3.63) is 42.2 Å². The highest BCUT2D eigenvalue weighted by atomic mass is 19.1. The first-order valence-corrected chi connectivity index (χ1v) is 8.32. The van der Waals surface area contributed by atoms with Crippen LogP contribution < -0.4 is 10.1 Å². The fraction of sp³-hybridized carbons (Fsp3) is 0.471. The van der Waals surface area contributed by atoms with E-state index in [0.717, 1.165) is 12.8 Å². The molecular weight excluding hydrogens is 325 g/mol. The Morgan fingerprint density at radius 1 is 1.48 bits per heavy atom. The van der Waals surface area contributed by atoms with Crippen LogP contribution in [0.1, 0.15) is 37.4 Å². The standard InChI is InChI=1S/C17H22FN5O2/c1-12(16-14(18)6-3-7-15(16)25-2)21-17(24)22-8-4-5-13(9-22)23-11-19-10-20-23/h3,6-7,10-13H,4-5,8-9H2,1-2H3,(H,21,24)/t12-,13-/m1/s1. The molecule has 0 aliphatic carbocycles. The molecule has 25 heavy (non-hydrogen) atoms. The maximum Gasteiger partial charge on any atom is 0.317 e. The predicted molar refractivity (Wildman–Crippen MR) is 89.8 cm³/mol. The normalized spacial score (nSPS) is 18.7. The minimum atomic E-state index is -0.504. The van der Waals surface area contributed by atoms with Crippen LogP contribution in [-0.2, 0) is 0 Å². The monoisotopic (exact) mass is 347 g/mol. The number of nitrogens with one attached hydrogen (secondary N) is 1. The van der Waals surface area contributed by atoms with Crippen LogP contribution in [0.2, 0.25) is 0 Å². The van der Waals surface area contributed by atoms with E-state index in [1.54, 1.807) is 35.0 Å². The summed E-state index contributed by atoms with van der Waals surface area (Å²) >= 11 is 0. The first-order chi connectivity index (χ1) is 12.1. The maximum atomic E-state index is 14.2. The second kappa shape index (κ2) is 7.50. The molecule has 1 N–H and O–H groups in total. The topological polar surface area (TPSA) is 72.3 Å². The number of ether oxygens (including phenoxy) is 1. The lowest BCUT2D eigenvalue weighted by molar-refractivity contribution is 0.160. The van der Waals surface area contributed by atoms with Crippen molar-refractivity contribution in [3.63, 3.8) is 0 Å². The summed E-state index contributed by atoms with van der Waals surface area (Å²) in [4.78, 5) is 18.3. The third-order valence-electron chi connectivity index (χ3n) is 4.50. The Kier molecular flexibility index (Phi) is 5.16. The summed E-state index contributed by atoms with van der Waals surface area (Å²) in [5, 5.41) is 7.03. The third-order valence-corrected chi connectivity index (χ3v) is 4.50. The van der Waals surface area contributed by atoms with Gasteiger partial charge in [0.15, 0.2) is 0 Å². The number of rotatable bonds is 4. The van der Waals surface area contributed by atoms with Gasteiger partial charge in [-0.05, 0) is 31.9 Å². The van der Waals surface area contributed by atoms with Gasteiger partial charge < -0.3 is 15.0 Å². The largest absolute Gasteiger partial charge is 0.496 e. The van der Waals surface area contributed by atoms with E-state index in [1.165, 1.54) is 19.5 Å². The van der Waals surface area contributed by atoms with Gasteiger partial charge in [0.25, 0.3) is 0 Å². The molecule has 1 aromatic carbocycles. The van der Waals surface area contributed by atoms with E-state index in [1.807, 2.05) is 0 Å². The molecule has 2 atom stereocenters. The van der Waals surface area contributed by atoms with Gasteiger partial charge in [0.05, 0.1) is 24.8 Å². The van der Waals surface area contributed by atoms with E-state index >= 15 is 0 Å². The summed E-state index contributed by atoms with van der Waals surface area (Å²) in [6, 6.07) is 4.02. The van der Waals surface area contributed by atoms with Crippen LogP contribution in [0.3, 0.4) is 0 Å². The molecule has 0 saturated carbocycles. The number of piperidine rings is 1. The van der Waals surface area contributed by atoms with Gasteiger partial charge in [0.2, 0.25) is 0 Å². The molecule has 1 aliphatic rings. The molecule has 2 amide bonds. The second-order valence-electron chi connectivity index (χ2n) is 6.14. The number of benzene rings is 1. The van der Waals surface area contributed by atoms with Crippen molar-refractivity contribution in [1.29, 1.82) is 0 Å². The Labute approximate surface area is 145 Å². The molecule has 1 fully saturated rings. The number of halogens is 1. The van der Waals surface area contributed by atoms with Crippen molar-refractivity contribution < 1.29 is 13.9 Å². The third kappa shape index (κ3) is 3.72. The predicted octanol–water partition coefficient (Wildman–Crippen LogP) is 2.53. The van der Waals surface area contributed by atoms with Crippen molar-refractivity contribution in [1.82, 2.24) is 25.0 Å². The van der Waals surface area contributed by atoms with Crippen LogP contribution >= 0.6 is 0 Å². The number of hydrogen-bond donors (Lipinski definition) is 1. The van der Waals surface area contributed by atoms with E-state index in [9.17, 15) is 9.18 Å². The highest BCUT2D eigenvalue weighted by molar-refractivity contribution is 5.75. The summed E-state index contributed by atoms with van der Waals surface area (Å²) in [6.45, 7) is 2.96. The smallest absolute Gasteiger partial charge is 0.317 e. The summed E-state index contributed by atoms with van der Waals surface area (Å²) in [6.07, 6.45) is 4.99. The van der Waals surface area contributed by atoms with Crippen LogP contribution in [0.25, 0.3) is 0 Å². The van der Waals surface area contributed by atoms with Gasteiger partial charge in [0, 0.05) is 13.1 Å². The Balaban J connectivity index is 1.67. The van der Waals surface area contributed by atoms with Crippen LogP contribution in [0.5, 0.6) is 5.75 Å². The number of likely N-dealkylation sites (tertiary alicyclic amines) is 1. The van der Waals surface area contributed by atoms with Gasteiger partial charge in [-0.2, -0.15) is 5.10 Å². The average Bonchev–Trinajstić information content (AvgIpc) is 3.16. The van der Waals surface area contributed by atoms with Gasteiger partial charge in [-0.1, -0.05) is 6.07 Å². The van der Waals surface area contributed by atoms with Crippen molar-refractivity contribution in [2.45, 2.75) is 31.8 Å². The minimum absolute atomic E-state index is 0.111. The first kappa shape index (κ1) is 17.2. The van der Waals surface area contributed by atoms with Gasteiger partial charge in [0.1, 0.15) is 24.2 Å².